The summed E-state index contributed by atoms with van der Waals surface area (Å²) in [5.41, 5.74) is 0.453. The molecular formula is C10H16O. The van der Waals surface area contributed by atoms with E-state index in [-0.39, 0.29) is 0 Å². The van der Waals surface area contributed by atoms with Gasteiger partial charge in [0, 0.05) is 0 Å². The van der Waals surface area contributed by atoms with E-state index in [1.807, 2.05) is 6.79 Å². The monoisotopic (exact) mass is 152 g/mol. The molecule has 0 N–H and O–H groups in total. The van der Waals surface area contributed by atoms with E-state index in [0.29, 0.717) is 5.41 Å². The van der Waals surface area contributed by atoms with Crippen LogP contribution in [0.25, 0.3) is 0 Å². The van der Waals surface area contributed by atoms with E-state index in [1.165, 1.54) is 12.8 Å². The molecule has 0 bridgehead atoms. The molecule has 0 heterocycles. The minimum absolute atomic E-state index is 0.453. The topological polar surface area (TPSA) is 17.1 Å². The molecule has 1 nitrogen and oxygen atoms in total. The summed E-state index contributed by atoms with van der Waals surface area (Å²) in [5, 5.41) is 0. The van der Waals surface area contributed by atoms with E-state index in [0.717, 1.165) is 0 Å². The Balaban J connectivity index is 0.000000461. The Labute approximate surface area is 68.8 Å². The lowest BCUT2D eigenvalue weighted by Crippen LogP contribution is -2.11. The second-order valence-electron chi connectivity index (χ2n) is 3.00. The van der Waals surface area contributed by atoms with Gasteiger partial charge in [-0.05, 0) is 18.3 Å². The van der Waals surface area contributed by atoms with E-state index in [4.69, 9.17) is 4.79 Å². The van der Waals surface area contributed by atoms with Gasteiger partial charge in [0.15, 0.2) is 0 Å². The van der Waals surface area contributed by atoms with Gasteiger partial charge in [0.05, 0.1) is 0 Å². The molecule has 1 aliphatic carbocycles. The van der Waals surface area contributed by atoms with E-state index >= 15 is 0 Å². The summed E-state index contributed by atoms with van der Waals surface area (Å²) in [4.78, 5) is 8.00. The highest BCUT2D eigenvalue weighted by Crippen LogP contribution is 2.29. The van der Waals surface area contributed by atoms with Gasteiger partial charge in [-0.2, -0.15) is 0 Å². The highest BCUT2D eigenvalue weighted by atomic mass is 16.1. The van der Waals surface area contributed by atoms with Crippen LogP contribution in [-0.4, -0.2) is 6.79 Å². The summed E-state index contributed by atoms with van der Waals surface area (Å²) >= 11 is 0. The first-order valence-electron chi connectivity index (χ1n) is 3.90. The second kappa shape index (κ2) is 4.89. The molecule has 0 amide bonds. The van der Waals surface area contributed by atoms with Crippen molar-refractivity contribution in [2.75, 3.05) is 0 Å². The minimum Gasteiger partial charge on any atom is -0.307 e. The molecule has 1 rings (SSSR count). The summed E-state index contributed by atoms with van der Waals surface area (Å²) in [6, 6.07) is 0. The highest BCUT2D eigenvalue weighted by molar-refractivity contribution is 5.14. The molecule has 0 aromatic carbocycles. The molecule has 1 unspecified atom stereocenters. The molecule has 0 fully saturated rings. The quantitative estimate of drug-likeness (QED) is 0.564. The van der Waals surface area contributed by atoms with Crippen LogP contribution in [0, 0.1) is 5.41 Å². The number of allylic oxidation sites excluding steroid dienone is 4. The molecule has 1 heteroatoms. The van der Waals surface area contributed by atoms with Gasteiger partial charge in [0.2, 0.25) is 0 Å². The summed E-state index contributed by atoms with van der Waals surface area (Å²) in [6.45, 7) is 6.54. The SMILES string of the molecule is C=O.CCC1(C)C=CC=CC1. The molecule has 0 saturated carbocycles. The van der Waals surface area contributed by atoms with Gasteiger partial charge in [0.25, 0.3) is 0 Å². The molecule has 0 saturated heterocycles. The zero-order chi connectivity index (χ0) is 8.74. The molecule has 0 aromatic heterocycles. The fourth-order valence-corrected chi connectivity index (χ4v) is 1.03. The zero-order valence-corrected chi connectivity index (χ0v) is 7.34. The Kier molecular flexibility index (Phi) is 4.51. The number of carbonyl (C=O) groups excluding carboxylic acids is 1. The predicted molar refractivity (Wildman–Crippen MR) is 48.4 cm³/mol. The molecule has 62 valence electrons. The Bertz CT molecular complexity index is 158. The summed E-state index contributed by atoms with van der Waals surface area (Å²) < 4.78 is 0. The third kappa shape index (κ3) is 3.17. The standard InChI is InChI=1S/C9H14.CH2O/c1-3-9(2)7-5-4-6-8-9;1-2/h4-7H,3,8H2,1-2H3;1H2. The Morgan fingerprint density at radius 3 is 2.36 bits per heavy atom. The van der Waals surface area contributed by atoms with Crippen LogP contribution in [0.5, 0.6) is 0 Å². The Hall–Kier alpha value is -0.850. The van der Waals surface area contributed by atoms with Crippen molar-refractivity contribution in [3.8, 4) is 0 Å². The first-order valence-corrected chi connectivity index (χ1v) is 3.90. The molecule has 1 aliphatic rings. The van der Waals surface area contributed by atoms with Crippen LogP contribution in [-0.2, 0) is 4.79 Å². The average molecular weight is 152 g/mol. The molecule has 0 spiro atoms. The van der Waals surface area contributed by atoms with Gasteiger partial charge in [-0.15, -0.1) is 0 Å². The average Bonchev–Trinajstić information content (AvgIpc) is 2.10. The second-order valence-corrected chi connectivity index (χ2v) is 3.00. The maximum atomic E-state index is 8.00. The number of carbonyl (C=O) groups is 1. The number of hydrogen-bond donors (Lipinski definition) is 0. The third-order valence-electron chi connectivity index (χ3n) is 2.14. The summed E-state index contributed by atoms with van der Waals surface area (Å²) in [5.74, 6) is 0. The van der Waals surface area contributed by atoms with Crippen molar-refractivity contribution in [1.29, 1.82) is 0 Å². The maximum Gasteiger partial charge on any atom is 0.106 e. The molecule has 0 radical (unpaired) electrons. The maximum absolute atomic E-state index is 8.00. The minimum atomic E-state index is 0.453. The molecule has 11 heavy (non-hydrogen) atoms. The fourth-order valence-electron chi connectivity index (χ4n) is 1.03. The van der Waals surface area contributed by atoms with Crippen molar-refractivity contribution in [3.63, 3.8) is 0 Å². The van der Waals surface area contributed by atoms with Crippen LogP contribution in [0.15, 0.2) is 24.3 Å². The molecule has 0 aliphatic heterocycles. The van der Waals surface area contributed by atoms with Crippen LogP contribution >= 0.6 is 0 Å². The zero-order valence-electron chi connectivity index (χ0n) is 7.34. The number of rotatable bonds is 1. The molecule has 0 aromatic rings. The highest BCUT2D eigenvalue weighted by Gasteiger charge is 2.16. The Morgan fingerprint density at radius 2 is 2.09 bits per heavy atom. The number of hydrogen-bond acceptors (Lipinski definition) is 1. The molecular weight excluding hydrogens is 136 g/mol. The third-order valence-corrected chi connectivity index (χ3v) is 2.14. The fraction of sp³-hybridized carbons (Fsp3) is 0.500. The smallest absolute Gasteiger partial charge is 0.106 e. The van der Waals surface area contributed by atoms with Crippen LogP contribution in [0.3, 0.4) is 0 Å². The lowest BCUT2D eigenvalue weighted by molar-refractivity contribution is -0.0979. The van der Waals surface area contributed by atoms with Crippen molar-refractivity contribution < 1.29 is 4.79 Å². The lowest BCUT2D eigenvalue weighted by Gasteiger charge is -2.23. The van der Waals surface area contributed by atoms with Crippen molar-refractivity contribution in [3.05, 3.63) is 24.3 Å². The lowest BCUT2D eigenvalue weighted by atomic mass is 9.82. The molecule has 1 atom stereocenters. The van der Waals surface area contributed by atoms with Crippen LogP contribution in [0.2, 0.25) is 0 Å². The van der Waals surface area contributed by atoms with Crippen LogP contribution < -0.4 is 0 Å². The van der Waals surface area contributed by atoms with E-state index in [2.05, 4.69) is 38.2 Å². The summed E-state index contributed by atoms with van der Waals surface area (Å²) in [7, 11) is 0. The normalized spacial score (nSPS) is 27.5. The van der Waals surface area contributed by atoms with Gasteiger partial charge in [-0.25, -0.2) is 0 Å². The van der Waals surface area contributed by atoms with Gasteiger partial charge in [-0.1, -0.05) is 38.2 Å². The van der Waals surface area contributed by atoms with Gasteiger partial charge in [0.1, 0.15) is 6.79 Å². The van der Waals surface area contributed by atoms with Gasteiger partial charge in [-0.3, -0.25) is 0 Å². The van der Waals surface area contributed by atoms with Crippen molar-refractivity contribution >= 4 is 6.79 Å². The van der Waals surface area contributed by atoms with Gasteiger partial charge >= 0.3 is 0 Å². The van der Waals surface area contributed by atoms with E-state index in [1.54, 1.807) is 0 Å². The first-order chi connectivity index (χ1) is 5.27. The Morgan fingerprint density at radius 1 is 1.45 bits per heavy atom. The summed E-state index contributed by atoms with van der Waals surface area (Å²) in [6.07, 6.45) is 11.3. The predicted octanol–water partition coefficient (Wildman–Crippen LogP) is 2.73. The van der Waals surface area contributed by atoms with Crippen molar-refractivity contribution in [2.45, 2.75) is 26.7 Å². The largest absolute Gasteiger partial charge is 0.307 e. The van der Waals surface area contributed by atoms with Crippen LogP contribution in [0.1, 0.15) is 26.7 Å². The van der Waals surface area contributed by atoms with E-state index in [9.17, 15) is 0 Å². The van der Waals surface area contributed by atoms with Crippen molar-refractivity contribution in [2.24, 2.45) is 5.41 Å². The van der Waals surface area contributed by atoms with Gasteiger partial charge < -0.3 is 4.79 Å². The van der Waals surface area contributed by atoms with Crippen LogP contribution in [0.4, 0.5) is 0 Å². The first kappa shape index (κ1) is 10.2. The van der Waals surface area contributed by atoms with E-state index < -0.39 is 0 Å². The van der Waals surface area contributed by atoms with Crippen molar-refractivity contribution in [1.82, 2.24) is 0 Å².